The van der Waals surface area contributed by atoms with Gasteiger partial charge in [-0.25, -0.2) is 0 Å². The van der Waals surface area contributed by atoms with Gasteiger partial charge in [0.25, 0.3) is 11.8 Å². The first-order chi connectivity index (χ1) is 23.8. The molecule has 0 aromatic heterocycles. The summed E-state index contributed by atoms with van der Waals surface area (Å²) in [5.74, 6) is 1.27. The molecule has 3 N–H and O–H groups in total. The summed E-state index contributed by atoms with van der Waals surface area (Å²) in [7, 11) is 4.50. The zero-order valence-electron chi connectivity index (χ0n) is 27.5. The van der Waals surface area contributed by atoms with Crippen molar-refractivity contribution in [2.24, 2.45) is 0 Å². The molecule has 254 valence electrons. The molecule has 0 saturated carbocycles. The second-order valence-electron chi connectivity index (χ2n) is 10.7. The van der Waals surface area contributed by atoms with E-state index in [1.165, 1.54) is 39.2 Å². The third kappa shape index (κ3) is 8.85. The molecule has 0 aliphatic carbocycles. The van der Waals surface area contributed by atoms with Gasteiger partial charge in [-0.15, -0.1) is 11.8 Å². The molecule has 1 atom stereocenters. The van der Waals surface area contributed by atoms with Crippen LogP contribution in [-0.4, -0.2) is 57.5 Å². The fraction of sp³-hybridized carbons (Fsp3) is 0.216. The Bertz CT molecular complexity index is 1850. The highest BCUT2D eigenvalue weighted by atomic mass is 32.2. The average molecular weight is 684 g/mol. The van der Waals surface area contributed by atoms with Gasteiger partial charge in [0.15, 0.2) is 23.0 Å². The van der Waals surface area contributed by atoms with Crippen LogP contribution in [-0.2, 0) is 9.59 Å². The lowest BCUT2D eigenvalue weighted by molar-refractivity contribution is -0.116. The molecule has 4 aromatic carbocycles. The number of nitrogens with one attached hydrogen (secondary N) is 3. The lowest BCUT2D eigenvalue weighted by Gasteiger charge is -2.20. The summed E-state index contributed by atoms with van der Waals surface area (Å²) in [5, 5.41) is 8.16. The van der Waals surface area contributed by atoms with Gasteiger partial charge in [-0.1, -0.05) is 31.2 Å². The van der Waals surface area contributed by atoms with Crippen molar-refractivity contribution in [1.82, 2.24) is 5.32 Å². The zero-order chi connectivity index (χ0) is 34.8. The predicted molar refractivity (Wildman–Crippen MR) is 189 cm³/mol. The van der Waals surface area contributed by atoms with Crippen LogP contribution in [0.15, 0.2) is 95.5 Å². The van der Waals surface area contributed by atoms with Crippen LogP contribution in [0.5, 0.6) is 28.7 Å². The van der Waals surface area contributed by atoms with E-state index in [0.29, 0.717) is 70.9 Å². The molecule has 1 aliphatic rings. The van der Waals surface area contributed by atoms with E-state index >= 15 is 0 Å². The first-order valence-electron chi connectivity index (χ1n) is 15.5. The molecule has 11 nitrogen and oxygen atoms in total. The number of hydrogen-bond acceptors (Lipinski definition) is 9. The number of rotatable bonds is 13. The van der Waals surface area contributed by atoms with Crippen LogP contribution in [0.2, 0.25) is 0 Å². The molecule has 0 radical (unpaired) electrons. The summed E-state index contributed by atoms with van der Waals surface area (Å²) in [6.45, 7) is 2.87. The monoisotopic (exact) mass is 683 g/mol. The number of amides is 3. The summed E-state index contributed by atoms with van der Waals surface area (Å²) in [6, 6.07) is 24.3. The minimum absolute atomic E-state index is 0.0392. The molecule has 0 fully saturated rings. The largest absolute Gasteiger partial charge is 0.496 e. The SMILES string of the molecule is CCC(Sc1cccc(NC(=O)/C(=C\c2cc(OC)c(OC)cc2OC)NC(=O)c2ccccc2)c1)C(=O)Nc1ccc2c(c1)OCCO2. The molecule has 1 heterocycles. The highest BCUT2D eigenvalue weighted by Crippen LogP contribution is 2.36. The van der Waals surface area contributed by atoms with Crippen molar-refractivity contribution in [3.05, 3.63) is 102 Å². The fourth-order valence-corrected chi connectivity index (χ4v) is 5.95. The van der Waals surface area contributed by atoms with Gasteiger partial charge in [0, 0.05) is 39.5 Å². The maximum absolute atomic E-state index is 13.8. The molecule has 3 amide bonds. The number of hydrogen-bond donors (Lipinski definition) is 3. The summed E-state index contributed by atoms with van der Waals surface area (Å²) in [6.07, 6.45) is 2.06. The van der Waals surface area contributed by atoms with Crippen molar-refractivity contribution in [3.8, 4) is 28.7 Å². The Hall–Kier alpha value is -5.62. The quantitative estimate of drug-likeness (QED) is 0.108. The Morgan fingerprint density at radius 3 is 2.18 bits per heavy atom. The molecule has 1 aliphatic heterocycles. The summed E-state index contributed by atoms with van der Waals surface area (Å²) >= 11 is 1.37. The van der Waals surface area contributed by atoms with Crippen molar-refractivity contribution in [2.75, 3.05) is 45.2 Å². The van der Waals surface area contributed by atoms with Crippen molar-refractivity contribution in [2.45, 2.75) is 23.5 Å². The van der Waals surface area contributed by atoms with E-state index in [1.807, 2.05) is 13.0 Å². The second kappa shape index (κ2) is 16.5. The number of ether oxygens (including phenoxy) is 5. The zero-order valence-corrected chi connectivity index (χ0v) is 28.3. The molecular weight excluding hydrogens is 646 g/mol. The molecule has 0 saturated heterocycles. The van der Waals surface area contributed by atoms with Crippen molar-refractivity contribution >= 4 is 46.9 Å². The Balaban J connectivity index is 1.35. The molecule has 0 spiro atoms. The van der Waals surface area contributed by atoms with Gasteiger partial charge in [0.2, 0.25) is 5.91 Å². The Kier molecular flexibility index (Phi) is 11.7. The maximum Gasteiger partial charge on any atom is 0.272 e. The highest BCUT2D eigenvalue weighted by molar-refractivity contribution is 8.00. The minimum atomic E-state index is -0.577. The van der Waals surface area contributed by atoms with Gasteiger partial charge in [-0.3, -0.25) is 14.4 Å². The molecular formula is C37H37N3O8S. The first kappa shape index (κ1) is 34.7. The van der Waals surface area contributed by atoms with E-state index in [1.54, 1.807) is 78.9 Å². The van der Waals surface area contributed by atoms with Gasteiger partial charge in [-0.2, -0.15) is 0 Å². The van der Waals surface area contributed by atoms with E-state index in [0.717, 1.165) is 4.90 Å². The van der Waals surface area contributed by atoms with Crippen LogP contribution in [0.3, 0.4) is 0 Å². The summed E-state index contributed by atoms with van der Waals surface area (Å²) in [4.78, 5) is 41.0. The van der Waals surface area contributed by atoms with Crippen molar-refractivity contribution in [3.63, 3.8) is 0 Å². The third-order valence-corrected chi connectivity index (χ3v) is 8.77. The smallest absolute Gasteiger partial charge is 0.272 e. The van der Waals surface area contributed by atoms with Crippen LogP contribution >= 0.6 is 11.8 Å². The summed E-state index contributed by atoms with van der Waals surface area (Å²) < 4.78 is 27.6. The highest BCUT2D eigenvalue weighted by Gasteiger charge is 2.21. The predicted octanol–water partition coefficient (Wildman–Crippen LogP) is 6.40. The topological polar surface area (TPSA) is 133 Å². The van der Waals surface area contributed by atoms with E-state index in [4.69, 9.17) is 23.7 Å². The Morgan fingerprint density at radius 1 is 0.776 bits per heavy atom. The minimum Gasteiger partial charge on any atom is -0.496 e. The Labute approximate surface area is 288 Å². The number of fused-ring (bicyclic) bond motifs is 1. The van der Waals surface area contributed by atoms with Crippen LogP contribution < -0.4 is 39.6 Å². The molecule has 4 aromatic rings. The maximum atomic E-state index is 13.8. The molecule has 49 heavy (non-hydrogen) atoms. The summed E-state index contributed by atoms with van der Waals surface area (Å²) in [5.41, 5.74) is 1.88. The third-order valence-electron chi connectivity index (χ3n) is 7.41. The van der Waals surface area contributed by atoms with Crippen LogP contribution in [0.1, 0.15) is 29.3 Å². The number of carbonyl (C=O) groups excluding carboxylic acids is 3. The van der Waals surface area contributed by atoms with Gasteiger partial charge >= 0.3 is 0 Å². The van der Waals surface area contributed by atoms with Crippen molar-refractivity contribution < 1.29 is 38.1 Å². The number of thioether (sulfide) groups is 1. The van der Waals surface area contributed by atoms with Crippen LogP contribution in [0.25, 0.3) is 6.08 Å². The number of carbonyl (C=O) groups is 3. The number of benzene rings is 4. The van der Waals surface area contributed by atoms with Gasteiger partial charge < -0.3 is 39.6 Å². The number of anilines is 2. The average Bonchev–Trinajstić information content (AvgIpc) is 3.13. The molecule has 5 rings (SSSR count). The normalized spacial score (nSPS) is 12.7. The van der Waals surface area contributed by atoms with Crippen LogP contribution in [0, 0.1) is 0 Å². The molecule has 12 heteroatoms. The van der Waals surface area contributed by atoms with E-state index in [-0.39, 0.29) is 11.6 Å². The molecule has 1 unspecified atom stereocenters. The van der Waals surface area contributed by atoms with Gasteiger partial charge in [-0.05, 0) is 61.0 Å². The standard InChI is InChI=1S/C37H37N3O8S/c1-5-34(37(43)39-26-14-15-29-33(21-26)48-17-16-47-29)49-27-13-9-12-25(20-27)38-36(42)28(40-35(41)23-10-7-6-8-11-23)18-24-19-31(45-3)32(46-4)22-30(24)44-2/h6-15,18-22,34H,5,16-17H2,1-4H3,(H,38,42)(H,39,43)(H,40,41)/b28-18+. The lowest BCUT2D eigenvalue weighted by atomic mass is 10.1. The van der Waals surface area contributed by atoms with Crippen molar-refractivity contribution in [1.29, 1.82) is 0 Å². The molecule has 0 bridgehead atoms. The Morgan fingerprint density at radius 2 is 1.47 bits per heavy atom. The fourth-order valence-electron chi connectivity index (χ4n) is 4.94. The lowest BCUT2D eigenvalue weighted by Crippen LogP contribution is -2.30. The van der Waals surface area contributed by atoms with Gasteiger partial charge in [0.05, 0.1) is 26.6 Å². The second-order valence-corrected chi connectivity index (χ2v) is 11.9. The van der Waals surface area contributed by atoms with Gasteiger partial charge in [0.1, 0.15) is 24.7 Å². The van der Waals surface area contributed by atoms with E-state index in [9.17, 15) is 14.4 Å². The van der Waals surface area contributed by atoms with E-state index < -0.39 is 17.1 Å². The first-order valence-corrected chi connectivity index (χ1v) is 16.4. The van der Waals surface area contributed by atoms with Crippen LogP contribution in [0.4, 0.5) is 11.4 Å². The van der Waals surface area contributed by atoms with E-state index in [2.05, 4.69) is 16.0 Å². The number of methoxy groups -OCH3 is 3.